The van der Waals surface area contributed by atoms with Crippen LogP contribution in [0.4, 0.5) is 0 Å². The summed E-state index contributed by atoms with van der Waals surface area (Å²) in [5, 5.41) is 0. The highest BCUT2D eigenvalue weighted by Crippen LogP contribution is 2.19. The fourth-order valence-electron chi connectivity index (χ4n) is 2.89. The van der Waals surface area contributed by atoms with Crippen molar-refractivity contribution in [3.63, 3.8) is 0 Å². The molecule has 2 N–H and O–H groups in total. The highest BCUT2D eigenvalue weighted by molar-refractivity contribution is 7.88. The fourth-order valence-corrected chi connectivity index (χ4v) is 3.17. The summed E-state index contributed by atoms with van der Waals surface area (Å²) in [6.45, 7) is 2.60. The summed E-state index contributed by atoms with van der Waals surface area (Å²) in [4.78, 5) is 41.6. The quantitative estimate of drug-likeness (QED) is 0.409. The van der Waals surface area contributed by atoms with Crippen LogP contribution in [0.25, 0.3) is 0 Å². The number of hydrazine groups is 1. The van der Waals surface area contributed by atoms with Crippen LogP contribution in [0.15, 0.2) is 23.9 Å². The summed E-state index contributed by atoms with van der Waals surface area (Å²) in [6, 6.07) is -0.566. The Morgan fingerprint density at radius 2 is 2.07 bits per heavy atom. The van der Waals surface area contributed by atoms with Gasteiger partial charge in [0.15, 0.2) is 0 Å². The van der Waals surface area contributed by atoms with Crippen LogP contribution in [0.1, 0.15) is 19.8 Å². The standard InChI is InChI=1S/C16H24N4O6S/c1-3-26-16(23)13-7-5-9-20(13)14(21)11-19-8-4-6-12(10-19)15(22)17-18-27(2,24)25/h4,6,8,13,18H,3,5,7,9-11H2,1-2H3,(H,17,22). The number of nitrogens with zero attached hydrogens (tertiary/aromatic N) is 2. The molecule has 2 aliphatic rings. The number of amides is 2. The zero-order chi connectivity index (χ0) is 20.0. The molecule has 2 heterocycles. The van der Waals surface area contributed by atoms with Crippen molar-refractivity contribution in [2.45, 2.75) is 25.8 Å². The van der Waals surface area contributed by atoms with Gasteiger partial charge in [0.1, 0.15) is 6.04 Å². The Kier molecular flexibility index (Phi) is 6.97. The van der Waals surface area contributed by atoms with E-state index in [1.165, 1.54) is 11.0 Å². The molecule has 27 heavy (non-hydrogen) atoms. The molecule has 1 unspecified atom stereocenters. The molecule has 0 aromatic rings. The van der Waals surface area contributed by atoms with Crippen molar-refractivity contribution in [1.82, 2.24) is 20.1 Å². The summed E-state index contributed by atoms with van der Waals surface area (Å²) in [6.07, 6.45) is 7.02. The van der Waals surface area contributed by atoms with Gasteiger partial charge in [0.2, 0.25) is 15.9 Å². The smallest absolute Gasteiger partial charge is 0.328 e. The first-order chi connectivity index (χ1) is 12.7. The number of rotatable bonds is 7. The van der Waals surface area contributed by atoms with E-state index in [0.717, 1.165) is 12.7 Å². The largest absolute Gasteiger partial charge is 0.464 e. The van der Waals surface area contributed by atoms with Gasteiger partial charge >= 0.3 is 5.97 Å². The molecular weight excluding hydrogens is 376 g/mol. The Bertz CT molecular complexity index is 761. The maximum atomic E-state index is 12.6. The number of esters is 1. The van der Waals surface area contributed by atoms with Crippen molar-refractivity contribution in [3.8, 4) is 0 Å². The van der Waals surface area contributed by atoms with Gasteiger partial charge < -0.3 is 14.5 Å². The Morgan fingerprint density at radius 3 is 2.74 bits per heavy atom. The third kappa shape index (κ3) is 6.07. The predicted molar refractivity (Wildman–Crippen MR) is 96.3 cm³/mol. The van der Waals surface area contributed by atoms with Crippen molar-refractivity contribution in [3.05, 3.63) is 23.9 Å². The van der Waals surface area contributed by atoms with Gasteiger partial charge in [-0.15, -0.1) is 4.83 Å². The van der Waals surface area contributed by atoms with Crippen LogP contribution in [-0.2, 0) is 29.1 Å². The van der Waals surface area contributed by atoms with Gasteiger partial charge in [-0.3, -0.25) is 15.0 Å². The minimum atomic E-state index is -3.57. The van der Waals surface area contributed by atoms with E-state index in [1.54, 1.807) is 24.1 Å². The van der Waals surface area contributed by atoms with Crippen molar-refractivity contribution >= 4 is 27.8 Å². The molecule has 150 valence electrons. The Labute approximate surface area is 158 Å². The van der Waals surface area contributed by atoms with Gasteiger partial charge in [-0.1, -0.05) is 6.08 Å². The average molecular weight is 400 g/mol. The number of hydrogen-bond donors (Lipinski definition) is 2. The molecule has 2 amide bonds. The third-order valence-electron chi connectivity index (χ3n) is 4.08. The van der Waals surface area contributed by atoms with E-state index < -0.39 is 27.9 Å². The maximum Gasteiger partial charge on any atom is 0.328 e. The minimum absolute atomic E-state index is 0.00344. The van der Waals surface area contributed by atoms with E-state index in [4.69, 9.17) is 4.74 Å². The van der Waals surface area contributed by atoms with Crippen molar-refractivity contribution in [1.29, 1.82) is 0 Å². The predicted octanol–water partition coefficient (Wildman–Crippen LogP) is -1.12. The Balaban J connectivity index is 1.91. The maximum absolute atomic E-state index is 12.6. The molecule has 0 bridgehead atoms. The van der Waals surface area contributed by atoms with Crippen molar-refractivity contribution < 1.29 is 27.5 Å². The van der Waals surface area contributed by atoms with Crippen LogP contribution < -0.4 is 10.3 Å². The monoisotopic (exact) mass is 400 g/mol. The minimum Gasteiger partial charge on any atom is -0.464 e. The molecule has 2 rings (SSSR count). The van der Waals surface area contributed by atoms with Crippen LogP contribution in [-0.4, -0.2) is 74.5 Å². The number of carbonyl (C=O) groups excluding carboxylic acids is 3. The molecule has 0 aromatic heterocycles. The number of allylic oxidation sites excluding steroid dienone is 2. The Morgan fingerprint density at radius 1 is 1.33 bits per heavy atom. The van der Waals surface area contributed by atoms with Crippen LogP contribution in [0, 0.1) is 0 Å². The van der Waals surface area contributed by atoms with Gasteiger partial charge in [0.05, 0.1) is 19.4 Å². The molecule has 1 atom stereocenters. The molecule has 1 saturated heterocycles. The van der Waals surface area contributed by atoms with Crippen LogP contribution >= 0.6 is 0 Å². The first-order valence-electron chi connectivity index (χ1n) is 8.56. The van der Waals surface area contributed by atoms with Crippen LogP contribution in [0.5, 0.6) is 0 Å². The average Bonchev–Trinajstić information content (AvgIpc) is 3.09. The molecule has 2 aliphatic heterocycles. The van der Waals surface area contributed by atoms with E-state index in [0.29, 0.717) is 18.5 Å². The van der Waals surface area contributed by atoms with Crippen LogP contribution in [0.2, 0.25) is 0 Å². The summed E-state index contributed by atoms with van der Waals surface area (Å²) in [5.41, 5.74) is 2.39. The molecule has 11 heteroatoms. The summed E-state index contributed by atoms with van der Waals surface area (Å²) in [7, 11) is -3.57. The molecule has 10 nitrogen and oxygen atoms in total. The van der Waals surface area contributed by atoms with Crippen molar-refractivity contribution in [2.24, 2.45) is 0 Å². The summed E-state index contributed by atoms with van der Waals surface area (Å²) >= 11 is 0. The summed E-state index contributed by atoms with van der Waals surface area (Å²) < 4.78 is 27.1. The molecule has 0 spiro atoms. The fraction of sp³-hybridized carbons (Fsp3) is 0.562. The second-order valence-corrected chi connectivity index (χ2v) is 8.01. The van der Waals surface area contributed by atoms with E-state index in [-0.39, 0.29) is 25.6 Å². The van der Waals surface area contributed by atoms with E-state index >= 15 is 0 Å². The van der Waals surface area contributed by atoms with Gasteiger partial charge in [0.25, 0.3) is 5.91 Å². The lowest BCUT2D eigenvalue weighted by Crippen LogP contribution is -2.47. The SMILES string of the molecule is CCOC(=O)C1CCCN1C(=O)CN1C=CC=C(C(=O)NNS(C)(=O)=O)C1. The molecule has 0 saturated carbocycles. The van der Waals surface area contributed by atoms with E-state index in [2.05, 4.69) is 5.43 Å². The van der Waals surface area contributed by atoms with E-state index in [9.17, 15) is 22.8 Å². The number of likely N-dealkylation sites (tertiary alicyclic amines) is 1. The highest BCUT2D eigenvalue weighted by atomic mass is 32.2. The van der Waals surface area contributed by atoms with Gasteiger partial charge in [0, 0.05) is 18.7 Å². The zero-order valence-electron chi connectivity index (χ0n) is 15.3. The number of hydrogen-bond acceptors (Lipinski definition) is 7. The topological polar surface area (TPSA) is 125 Å². The molecular formula is C16H24N4O6S. The molecule has 1 fully saturated rings. The number of ether oxygens (including phenoxy) is 1. The zero-order valence-corrected chi connectivity index (χ0v) is 16.1. The molecule has 0 aromatic carbocycles. The lowest BCUT2D eigenvalue weighted by molar-refractivity contribution is -0.153. The van der Waals surface area contributed by atoms with E-state index in [1.807, 2.05) is 4.83 Å². The Hall–Kier alpha value is -2.40. The first kappa shape index (κ1) is 20.9. The lowest BCUT2D eigenvalue weighted by atomic mass is 10.1. The van der Waals surface area contributed by atoms with Gasteiger partial charge in [-0.2, -0.15) is 0 Å². The molecule has 0 aliphatic carbocycles. The third-order valence-corrected chi connectivity index (χ3v) is 4.55. The lowest BCUT2D eigenvalue weighted by Gasteiger charge is -2.28. The van der Waals surface area contributed by atoms with Gasteiger partial charge in [-0.05, 0) is 32.0 Å². The number of sulfonamides is 1. The number of carbonyl (C=O) groups is 3. The second kappa shape index (κ2) is 9.00. The van der Waals surface area contributed by atoms with Crippen LogP contribution in [0.3, 0.4) is 0 Å². The first-order valence-corrected chi connectivity index (χ1v) is 10.4. The van der Waals surface area contributed by atoms with Gasteiger partial charge in [-0.25, -0.2) is 13.2 Å². The second-order valence-electron chi connectivity index (χ2n) is 6.26. The van der Waals surface area contributed by atoms with Crippen molar-refractivity contribution in [2.75, 3.05) is 32.5 Å². The molecule has 0 radical (unpaired) electrons. The number of nitrogens with one attached hydrogen (secondary N) is 2. The highest BCUT2D eigenvalue weighted by Gasteiger charge is 2.35. The summed E-state index contributed by atoms with van der Waals surface area (Å²) in [5.74, 6) is -1.23. The normalized spacial score (nSPS) is 19.6.